The first kappa shape index (κ1) is 14.8. The van der Waals surface area contributed by atoms with Crippen molar-refractivity contribution in [2.24, 2.45) is 0 Å². The molecule has 0 amide bonds. The number of rotatable bonds is 4. The summed E-state index contributed by atoms with van der Waals surface area (Å²) in [7, 11) is 0. The van der Waals surface area contributed by atoms with Crippen molar-refractivity contribution in [1.82, 2.24) is 9.97 Å². The number of hydrogen-bond donors (Lipinski definition) is 0. The van der Waals surface area contributed by atoms with Crippen LogP contribution < -0.4 is 4.74 Å². The molecule has 1 heterocycles. The van der Waals surface area contributed by atoms with Gasteiger partial charge < -0.3 is 4.74 Å². The van der Waals surface area contributed by atoms with Gasteiger partial charge in [-0.15, -0.1) is 0 Å². The molecular weight excluding hydrogens is 272 g/mol. The predicted octanol–water partition coefficient (Wildman–Crippen LogP) is 4.92. The summed E-state index contributed by atoms with van der Waals surface area (Å²) in [5, 5.41) is 0.452. The largest absolute Gasteiger partial charge is 0.439 e. The smallest absolute Gasteiger partial charge is 0.226 e. The molecule has 2 aromatic rings. The number of hydrogen-bond acceptors (Lipinski definition) is 3. The molecule has 4 heteroatoms. The Morgan fingerprint density at radius 1 is 1.25 bits per heavy atom. The molecule has 0 aliphatic carbocycles. The van der Waals surface area contributed by atoms with Gasteiger partial charge in [-0.1, -0.05) is 38.4 Å². The maximum Gasteiger partial charge on any atom is 0.226 e. The van der Waals surface area contributed by atoms with Crippen molar-refractivity contribution in [3.05, 3.63) is 46.4 Å². The van der Waals surface area contributed by atoms with Gasteiger partial charge in [0.25, 0.3) is 0 Å². The third-order valence-corrected chi connectivity index (χ3v) is 3.61. The minimum atomic E-state index is 0.452. The van der Waals surface area contributed by atoms with Crippen LogP contribution in [0.2, 0.25) is 5.15 Å². The van der Waals surface area contributed by atoms with Crippen LogP contribution in [0.4, 0.5) is 0 Å². The fourth-order valence-electron chi connectivity index (χ4n) is 2.23. The maximum absolute atomic E-state index is 6.06. The van der Waals surface area contributed by atoms with Gasteiger partial charge in [0.15, 0.2) is 0 Å². The molecule has 0 atom stereocenters. The van der Waals surface area contributed by atoms with Crippen molar-refractivity contribution in [3.63, 3.8) is 0 Å². The number of halogens is 1. The molecule has 0 bridgehead atoms. The number of aromatic nitrogens is 2. The molecule has 0 aliphatic rings. The van der Waals surface area contributed by atoms with Gasteiger partial charge in [0, 0.05) is 0 Å². The molecule has 0 aliphatic heterocycles. The molecule has 0 spiro atoms. The Balaban J connectivity index is 2.31. The van der Waals surface area contributed by atoms with Crippen molar-refractivity contribution in [1.29, 1.82) is 0 Å². The average molecular weight is 291 g/mol. The van der Waals surface area contributed by atoms with Crippen LogP contribution in [0, 0.1) is 6.92 Å². The molecular formula is C16H19ClN2O. The fourth-order valence-corrected chi connectivity index (χ4v) is 2.49. The first-order valence-corrected chi connectivity index (χ1v) is 7.18. The van der Waals surface area contributed by atoms with E-state index in [9.17, 15) is 0 Å². The number of ether oxygens (including phenoxy) is 1. The van der Waals surface area contributed by atoms with Gasteiger partial charge in [-0.2, -0.15) is 0 Å². The molecule has 1 aromatic heterocycles. The van der Waals surface area contributed by atoms with Crippen molar-refractivity contribution in [2.75, 3.05) is 0 Å². The van der Waals surface area contributed by atoms with Crippen LogP contribution in [0.3, 0.4) is 0 Å². The summed E-state index contributed by atoms with van der Waals surface area (Å²) in [5.74, 6) is 1.81. The van der Waals surface area contributed by atoms with Crippen LogP contribution in [-0.2, 0) is 6.42 Å². The van der Waals surface area contributed by atoms with Gasteiger partial charge >= 0.3 is 0 Å². The fraction of sp³-hybridized carbons (Fsp3) is 0.375. The lowest BCUT2D eigenvalue weighted by Gasteiger charge is -2.13. The lowest BCUT2D eigenvalue weighted by molar-refractivity contribution is 0.454. The predicted molar refractivity (Wildman–Crippen MR) is 81.8 cm³/mol. The third kappa shape index (κ3) is 3.10. The number of benzene rings is 1. The summed E-state index contributed by atoms with van der Waals surface area (Å²) in [6.07, 6.45) is 2.16. The van der Waals surface area contributed by atoms with E-state index in [1.165, 1.54) is 17.5 Å². The molecule has 0 N–H and O–H groups in total. The number of nitrogens with zero attached hydrogens (tertiary/aromatic N) is 2. The lowest BCUT2D eigenvalue weighted by Crippen LogP contribution is -1.98. The highest BCUT2D eigenvalue weighted by atomic mass is 35.5. The quantitative estimate of drug-likeness (QED) is 0.750. The Hall–Kier alpha value is -1.61. The van der Waals surface area contributed by atoms with Crippen molar-refractivity contribution in [2.45, 2.75) is 40.0 Å². The Kier molecular flexibility index (Phi) is 4.61. The molecule has 1 aromatic carbocycles. The van der Waals surface area contributed by atoms with Gasteiger partial charge in [0.1, 0.15) is 17.2 Å². The molecule has 2 rings (SSSR count). The van der Waals surface area contributed by atoms with E-state index >= 15 is 0 Å². The van der Waals surface area contributed by atoms with Crippen molar-refractivity contribution in [3.8, 4) is 11.6 Å². The lowest BCUT2D eigenvalue weighted by atomic mass is 9.98. The highest BCUT2D eigenvalue weighted by molar-refractivity contribution is 6.30. The summed E-state index contributed by atoms with van der Waals surface area (Å²) in [4.78, 5) is 8.16. The summed E-state index contributed by atoms with van der Waals surface area (Å²) in [6.45, 7) is 8.46. The minimum absolute atomic E-state index is 0.452. The molecule has 0 saturated heterocycles. The topological polar surface area (TPSA) is 35.0 Å². The molecule has 0 radical (unpaired) electrons. The van der Waals surface area contributed by atoms with E-state index < -0.39 is 0 Å². The van der Waals surface area contributed by atoms with Crippen LogP contribution >= 0.6 is 11.6 Å². The van der Waals surface area contributed by atoms with E-state index in [0.717, 1.165) is 17.7 Å². The minimum Gasteiger partial charge on any atom is -0.439 e. The Morgan fingerprint density at radius 3 is 2.60 bits per heavy atom. The zero-order valence-corrected chi connectivity index (χ0v) is 13.0. The average Bonchev–Trinajstić information content (AvgIpc) is 2.38. The highest BCUT2D eigenvalue weighted by Crippen LogP contribution is 2.29. The second-order valence-corrected chi connectivity index (χ2v) is 5.43. The van der Waals surface area contributed by atoms with Gasteiger partial charge in [0.2, 0.25) is 5.88 Å². The summed E-state index contributed by atoms with van der Waals surface area (Å²) in [6, 6.07) is 6.10. The first-order valence-electron chi connectivity index (χ1n) is 6.80. The molecule has 3 nitrogen and oxygen atoms in total. The summed E-state index contributed by atoms with van der Waals surface area (Å²) >= 11 is 6.06. The second kappa shape index (κ2) is 6.23. The first-order chi connectivity index (χ1) is 9.52. The van der Waals surface area contributed by atoms with Crippen molar-refractivity contribution >= 4 is 11.6 Å². The highest BCUT2D eigenvalue weighted by Gasteiger charge is 2.11. The summed E-state index contributed by atoms with van der Waals surface area (Å²) < 4.78 is 5.86. The van der Waals surface area contributed by atoms with E-state index in [4.69, 9.17) is 16.3 Å². The van der Waals surface area contributed by atoms with E-state index in [1.54, 1.807) is 0 Å². The normalized spacial score (nSPS) is 10.9. The third-order valence-electron chi connectivity index (χ3n) is 3.28. The van der Waals surface area contributed by atoms with E-state index in [-0.39, 0.29) is 0 Å². The van der Waals surface area contributed by atoms with Gasteiger partial charge in [-0.25, -0.2) is 9.97 Å². The van der Waals surface area contributed by atoms with E-state index in [0.29, 0.717) is 17.0 Å². The Bertz CT molecular complexity index is 611. The van der Waals surface area contributed by atoms with Gasteiger partial charge in [-0.05, 0) is 42.5 Å². The molecule has 106 valence electrons. The standard InChI is InChI=1S/C16H19ClN2O/c1-5-13-15(17)18-9-19-16(13)20-12-6-7-14(10(2)3)11(4)8-12/h6-10H,5H2,1-4H3. The van der Waals surface area contributed by atoms with Crippen LogP contribution in [0.15, 0.2) is 24.5 Å². The van der Waals surface area contributed by atoms with Crippen LogP contribution in [-0.4, -0.2) is 9.97 Å². The monoisotopic (exact) mass is 290 g/mol. The van der Waals surface area contributed by atoms with Crippen LogP contribution in [0.1, 0.15) is 43.4 Å². The zero-order valence-electron chi connectivity index (χ0n) is 12.3. The molecule has 20 heavy (non-hydrogen) atoms. The molecule has 0 fully saturated rings. The van der Waals surface area contributed by atoms with E-state index in [2.05, 4.69) is 36.8 Å². The van der Waals surface area contributed by atoms with Crippen molar-refractivity contribution < 1.29 is 4.74 Å². The molecule has 0 unspecified atom stereocenters. The van der Waals surface area contributed by atoms with Gasteiger partial charge in [0.05, 0.1) is 5.56 Å². The second-order valence-electron chi connectivity index (χ2n) is 5.08. The maximum atomic E-state index is 6.06. The SMILES string of the molecule is CCc1c(Cl)ncnc1Oc1ccc(C(C)C)c(C)c1. The van der Waals surface area contributed by atoms with Gasteiger partial charge in [-0.3, -0.25) is 0 Å². The van der Waals surface area contributed by atoms with E-state index in [1.807, 2.05) is 19.1 Å². The molecule has 0 saturated carbocycles. The van der Waals surface area contributed by atoms with Crippen LogP contribution in [0.5, 0.6) is 11.6 Å². The number of aryl methyl sites for hydroxylation is 1. The Labute approximate surface area is 125 Å². The Morgan fingerprint density at radius 2 is 2.00 bits per heavy atom. The zero-order chi connectivity index (χ0) is 14.7. The van der Waals surface area contributed by atoms with Crippen LogP contribution in [0.25, 0.3) is 0 Å². The summed E-state index contributed by atoms with van der Waals surface area (Å²) in [5.41, 5.74) is 3.38.